The lowest BCUT2D eigenvalue weighted by molar-refractivity contribution is -0.122. The van der Waals surface area contributed by atoms with Crippen molar-refractivity contribution in [3.63, 3.8) is 0 Å². The number of fused-ring (bicyclic) bond motifs is 1. The lowest BCUT2D eigenvalue weighted by Gasteiger charge is -2.29. The van der Waals surface area contributed by atoms with Crippen molar-refractivity contribution in [1.29, 1.82) is 0 Å². The number of rotatable bonds is 8. The summed E-state index contributed by atoms with van der Waals surface area (Å²) in [5.41, 5.74) is 0.734. The highest BCUT2D eigenvalue weighted by Crippen LogP contribution is 2.31. The molecule has 0 aromatic heterocycles. The first-order valence-corrected chi connectivity index (χ1v) is 9.64. The number of benzene rings is 1. The highest BCUT2D eigenvalue weighted by molar-refractivity contribution is 5.98. The first kappa shape index (κ1) is 18.7. The molecule has 0 radical (unpaired) electrons. The number of carbonyl (C=O) groups excluding carboxylic acids is 2. The molecule has 0 spiro atoms. The Morgan fingerprint density at radius 3 is 2.88 bits per heavy atom. The maximum Gasteiger partial charge on any atom is 0.265 e. The van der Waals surface area contributed by atoms with Crippen molar-refractivity contribution in [2.24, 2.45) is 0 Å². The molecule has 2 amide bonds. The van der Waals surface area contributed by atoms with E-state index >= 15 is 0 Å². The molecule has 1 saturated carbocycles. The fraction of sp³-hybridized carbons (Fsp3) is 0.600. The Morgan fingerprint density at radius 1 is 1.23 bits per heavy atom. The topological polar surface area (TPSA) is 67.9 Å². The van der Waals surface area contributed by atoms with Crippen molar-refractivity contribution in [2.45, 2.75) is 51.0 Å². The van der Waals surface area contributed by atoms with Gasteiger partial charge in [-0.25, -0.2) is 0 Å². The van der Waals surface area contributed by atoms with E-state index in [0.29, 0.717) is 31.5 Å². The van der Waals surface area contributed by atoms with Gasteiger partial charge in [-0.3, -0.25) is 9.59 Å². The second-order valence-electron chi connectivity index (χ2n) is 6.89. The minimum absolute atomic E-state index is 0.0249. The monoisotopic (exact) mass is 360 g/mol. The second-order valence-corrected chi connectivity index (χ2v) is 6.89. The van der Waals surface area contributed by atoms with Gasteiger partial charge < -0.3 is 19.7 Å². The van der Waals surface area contributed by atoms with E-state index in [2.05, 4.69) is 5.32 Å². The number of nitrogens with zero attached hydrogens (tertiary/aromatic N) is 1. The molecule has 1 N–H and O–H groups in total. The van der Waals surface area contributed by atoms with Crippen LogP contribution in [-0.4, -0.2) is 44.2 Å². The van der Waals surface area contributed by atoms with E-state index in [-0.39, 0.29) is 24.8 Å². The molecule has 1 fully saturated rings. The van der Waals surface area contributed by atoms with Gasteiger partial charge in [-0.15, -0.1) is 0 Å². The van der Waals surface area contributed by atoms with Gasteiger partial charge >= 0.3 is 0 Å². The van der Waals surface area contributed by atoms with Gasteiger partial charge in [-0.1, -0.05) is 31.4 Å². The lowest BCUT2D eigenvalue weighted by atomic mass is 9.98. The zero-order valence-corrected chi connectivity index (χ0v) is 15.2. The van der Waals surface area contributed by atoms with Gasteiger partial charge in [0.05, 0.1) is 11.8 Å². The van der Waals surface area contributed by atoms with Crippen LogP contribution in [0.1, 0.15) is 44.9 Å². The molecule has 142 valence electrons. The summed E-state index contributed by atoms with van der Waals surface area (Å²) in [7, 11) is 0. The Hall–Kier alpha value is -2.08. The lowest BCUT2D eigenvalue weighted by Crippen LogP contribution is -2.41. The van der Waals surface area contributed by atoms with E-state index in [0.717, 1.165) is 12.1 Å². The Kier molecular flexibility index (Phi) is 6.89. The maximum absolute atomic E-state index is 12.1. The van der Waals surface area contributed by atoms with Gasteiger partial charge in [0, 0.05) is 26.1 Å². The molecule has 6 nitrogen and oxygen atoms in total. The molecule has 2 aliphatic rings. The van der Waals surface area contributed by atoms with Gasteiger partial charge in [-0.2, -0.15) is 0 Å². The van der Waals surface area contributed by atoms with Gasteiger partial charge in [0.1, 0.15) is 5.75 Å². The second kappa shape index (κ2) is 9.57. The number of ether oxygens (including phenoxy) is 2. The zero-order chi connectivity index (χ0) is 18.2. The van der Waals surface area contributed by atoms with Gasteiger partial charge in [-0.05, 0) is 31.4 Å². The number of hydrogen-bond acceptors (Lipinski definition) is 4. The average Bonchev–Trinajstić information content (AvgIpc) is 2.68. The van der Waals surface area contributed by atoms with Crippen molar-refractivity contribution >= 4 is 17.5 Å². The summed E-state index contributed by atoms with van der Waals surface area (Å²) >= 11 is 0. The fourth-order valence-electron chi connectivity index (χ4n) is 3.48. The summed E-state index contributed by atoms with van der Waals surface area (Å²) < 4.78 is 11.3. The predicted octanol–water partition coefficient (Wildman–Crippen LogP) is 2.66. The summed E-state index contributed by atoms with van der Waals surface area (Å²) in [4.78, 5) is 25.7. The van der Waals surface area contributed by atoms with Crippen LogP contribution < -0.4 is 15.0 Å². The summed E-state index contributed by atoms with van der Waals surface area (Å²) in [5.74, 6) is 0.532. The summed E-state index contributed by atoms with van der Waals surface area (Å²) in [5, 5.41) is 2.91. The van der Waals surface area contributed by atoms with Gasteiger partial charge in [0.2, 0.25) is 5.91 Å². The Labute approximate surface area is 154 Å². The number of anilines is 1. The maximum atomic E-state index is 12.1. The zero-order valence-electron chi connectivity index (χ0n) is 15.2. The smallest absolute Gasteiger partial charge is 0.265 e. The molecular formula is C20H28N2O4. The van der Waals surface area contributed by atoms with Crippen LogP contribution in [0.25, 0.3) is 0 Å². The molecule has 1 heterocycles. The molecule has 6 heteroatoms. The number of para-hydroxylation sites is 2. The number of hydrogen-bond donors (Lipinski definition) is 1. The Balaban J connectivity index is 1.33. The van der Waals surface area contributed by atoms with Crippen LogP contribution in [0, 0.1) is 0 Å². The van der Waals surface area contributed by atoms with E-state index in [1.165, 1.54) is 32.1 Å². The summed E-state index contributed by atoms with van der Waals surface area (Å²) in [6.07, 6.45) is 7.71. The summed E-state index contributed by atoms with van der Waals surface area (Å²) in [6, 6.07) is 7.41. The van der Waals surface area contributed by atoms with Crippen LogP contribution in [0.15, 0.2) is 24.3 Å². The molecule has 0 saturated heterocycles. The number of amides is 2. The van der Waals surface area contributed by atoms with Crippen LogP contribution in [0.4, 0.5) is 5.69 Å². The first-order valence-electron chi connectivity index (χ1n) is 9.64. The van der Waals surface area contributed by atoms with E-state index in [9.17, 15) is 9.59 Å². The van der Waals surface area contributed by atoms with Gasteiger partial charge in [0.25, 0.3) is 5.91 Å². The Bertz CT molecular complexity index is 614. The van der Waals surface area contributed by atoms with Crippen molar-refractivity contribution in [3.8, 4) is 5.75 Å². The molecule has 3 rings (SSSR count). The van der Waals surface area contributed by atoms with E-state index in [4.69, 9.17) is 9.47 Å². The number of carbonyl (C=O) groups is 2. The van der Waals surface area contributed by atoms with Crippen molar-refractivity contribution in [3.05, 3.63) is 24.3 Å². The quantitative estimate of drug-likeness (QED) is 0.724. The molecule has 1 aromatic rings. The van der Waals surface area contributed by atoms with Gasteiger partial charge in [0.15, 0.2) is 6.61 Å². The standard InChI is InChI=1S/C20H28N2O4/c23-19(21-12-6-14-25-16-7-2-1-3-8-16)11-13-22-17-9-4-5-10-18(17)26-15-20(22)24/h4-5,9-10,16H,1-3,6-8,11-15H2,(H,21,23). The molecule has 0 unspecified atom stereocenters. The predicted molar refractivity (Wildman–Crippen MR) is 99.4 cm³/mol. The normalized spacial score (nSPS) is 17.5. The van der Waals surface area contributed by atoms with Crippen LogP contribution in [0.2, 0.25) is 0 Å². The molecule has 1 aromatic carbocycles. The third-order valence-electron chi connectivity index (χ3n) is 4.92. The molecule has 0 bridgehead atoms. The largest absolute Gasteiger partial charge is 0.482 e. The molecule has 26 heavy (non-hydrogen) atoms. The molecular weight excluding hydrogens is 332 g/mol. The van der Waals surface area contributed by atoms with Crippen molar-refractivity contribution < 1.29 is 19.1 Å². The fourth-order valence-corrected chi connectivity index (χ4v) is 3.48. The molecule has 0 atom stereocenters. The van der Waals surface area contributed by atoms with Crippen LogP contribution in [-0.2, 0) is 14.3 Å². The third kappa shape index (κ3) is 5.21. The van der Waals surface area contributed by atoms with Crippen molar-refractivity contribution in [1.82, 2.24) is 5.32 Å². The van der Waals surface area contributed by atoms with Crippen molar-refractivity contribution in [2.75, 3.05) is 31.2 Å². The number of nitrogens with one attached hydrogen (secondary N) is 1. The van der Waals surface area contributed by atoms with E-state index in [1.807, 2.05) is 24.3 Å². The van der Waals surface area contributed by atoms with Crippen LogP contribution in [0.5, 0.6) is 5.75 Å². The Morgan fingerprint density at radius 2 is 2.04 bits per heavy atom. The molecule has 1 aliphatic carbocycles. The highest BCUT2D eigenvalue weighted by atomic mass is 16.5. The third-order valence-corrected chi connectivity index (χ3v) is 4.92. The van der Waals surface area contributed by atoms with E-state index < -0.39 is 0 Å². The summed E-state index contributed by atoms with van der Waals surface area (Å²) in [6.45, 7) is 1.69. The van der Waals surface area contributed by atoms with Crippen LogP contribution >= 0.6 is 0 Å². The van der Waals surface area contributed by atoms with Crippen LogP contribution in [0.3, 0.4) is 0 Å². The minimum Gasteiger partial charge on any atom is -0.482 e. The first-order chi connectivity index (χ1) is 12.7. The van der Waals surface area contributed by atoms with E-state index in [1.54, 1.807) is 4.90 Å². The average molecular weight is 360 g/mol. The highest BCUT2D eigenvalue weighted by Gasteiger charge is 2.25. The minimum atomic E-state index is -0.114. The SMILES string of the molecule is O=C(CCN1C(=O)COc2ccccc21)NCCCOC1CCCCC1. The molecule has 1 aliphatic heterocycles.